The molecule has 0 aliphatic rings. The predicted molar refractivity (Wildman–Crippen MR) is 128 cm³/mol. The van der Waals surface area contributed by atoms with Crippen molar-refractivity contribution in [2.75, 3.05) is 32.0 Å². The van der Waals surface area contributed by atoms with Crippen LogP contribution in [0, 0.1) is 6.92 Å². The number of hydrogen-bond acceptors (Lipinski definition) is 4. The van der Waals surface area contributed by atoms with Crippen molar-refractivity contribution in [1.82, 2.24) is 15.6 Å². The standard InChI is InChI=1S/C21H31N5O.HI/c1-17-10-4-5-11-19(17)27-18(2)16-26-21(22-3)25-15-9-8-14-24-20-12-6-7-13-23-20;/h4-7,10-13,18H,8-9,14-16H2,1-3H3,(H,23,24)(H2,22,25,26);1H. The molecule has 0 spiro atoms. The SMILES string of the molecule is CN=C(NCCCCNc1ccccn1)NCC(C)Oc1ccccc1C.I. The first kappa shape index (κ1) is 24.0. The minimum atomic E-state index is 0. The Morgan fingerprint density at radius 3 is 2.54 bits per heavy atom. The summed E-state index contributed by atoms with van der Waals surface area (Å²) in [5.74, 6) is 2.65. The molecule has 0 aliphatic carbocycles. The lowest BCUT2D eigenvalue weighted by atomic mass is 10.2. The topological polar surface area (TPSA) is 70.6 Å². The molecule has 0 amide bonds. The van der Waals surface area contributed by atoms with Crippen LogP contribution in [0.2, 0.25) is 0 Å². The summed E-state index contributed by atoms with van der Waals surface area (Å²) in [6.45, 7) is 6.58. The number of rotatable bonds is 10. The van der Waals surface area contributed by atoms with Crippen LogP contribution in [0.1, 0.15) is 25.3 Å². The average molecular weight is 497 g/mol. The third-order valence-electron chi connectivity index (χ3n) is 4.07. The van der Waals surface area contributed by atoms with Crippen LogP contribution in [-0.2, 0) is 0 Å². The van der Waals surface area contributed by atoms with Gasteiger partial charge in [-0.1, -0.05) is 24.3 Å². The van der Waals surface area contributed by atoms with Gasteiger partial charge in [-0.3, -0.25) is 4.99 Å². The number of nitrogens with zero attached hydrogens (tertiary/aromatic N) is 2. The molecule has 0 saturated carbocycles. The number of halogens is 1. The summed E-state index contributed by atoms with van der Waals surface area (Å²) in [5, 5.41) is 9.97. The zero-order valence-electron chi connectivity index (χ0n) is 16.9. The first-order valence-electron chi connectivity index (χ1n) is 9.50. The van der Waals surface area contributed by atoms with E-state index in [9.17, 15) is 0 Å². The molecule has 0 radical (unpaired) electrons. The quantitative estimate of drug-likeness (QED) is 0.202. The zero-order chi connectivity index (χ0) is 19.3. The Kier molecular flexibility index (Phi) is 12.0. The van der Waals surface area contributed by atoms with Crippen molar-refractivity contribution in [3.05, 3.63) is 54.2 Å². The molecule has 1 aromatic carbocycles. The Morgan fingerprint density at radius 2 is 1.82 bits per heavy atom. The summed E-state index contributed by atoms with van der Waals surface area (Å²) in [7, 11) is 1.78. The van der Waals surface area contributed by atoms with E-state index in [4.69, 9.17) is 4.74 Å². The van der Waals surface area contributed by atoms with Gasteiger partial charge in [-0.2, -0.15) is 0 Å². The second kappa shape index (κ2) is 14.0. The summed E-state index contributed by atoms with van der Waals surface area (Å²) < 4.78 is 5.98. The number of aryl methyl sites for hydroxylation is 1. The molecule has 0 aliphatic heterocycles. The maximum absolute atomic E-state index is 5.98. The summed E-state index contributed by atoms with van der Waals surface area (Å²) in [4.78, 5) is 8.51. The second-order valence-electron chi connectivity index (χ2n) is 6.42. The van der Waals surface area contributed by atoms with Crippen LogP contribution in [0.3, 0.4) is 0 Å². The molecule has 1 aromatic heterocycles. The van der Waals surface area contributed by atoms with Gasteiger partial charge in [0.25, 0.3) is 0 Å². The molecule has 1 unspecified atom stereocenters. The molecular formula is C21H32IN5O. The molecule has 6 nitrogen and oxygen atoms in total. The number of hydrogen-bond donors (Lipinski definition) is 3. The summed E-state index contributed by atoms with van der Waals surface area (Å²) in [6.07, 6.45) is 3.96. The highest BCUT2D eigenvalue weighted by Gasteiger charge is 2.07. The van der Waals surface area contributed by atoms with Crippen LogP contribution < -0.4 is 20.7 Å². The Bertz CT molecular complexity index is 696. The third kappa shape index (κ3) is 9.25. The van der Waals surface area contributed by atoms with E-state index in [0.717, 1.165) is 49.0 Å². The molecule has 7 heteroatoms. The van der Waals surface area contributed by atoms with Gasteiger partial charge in [0.05, 0.1) is 6.54 Å². The van der Waals surface area contributed by atoms with Gasteiger partial charge >= 0.3 is 0 Å². The van der Waals surface area contributed by atoms with Crippen molar-refractivity contribution in [3.63, 3.8) is 0 Å². The first-order chi connectivity index (χ1) is 13.2. The van der Waals surface area contributed by atoms with Gasteiger partial charge in [0.15, 0.2) is 5.96 Å². The van der Waals surface area contributed by atoms with E-state index < -0.39 is 0 Å². The summed E-state index contributed by atoms with van der Waals surface area (Å²) in [5.41, 5.74) is 1.14. The van der Waals surface area contributed by atoms with Crippen LogP contribution in [-0.4, -0.2) is 43.7 Å². The van der Waals surface area contributed by atoms with Gasteiger partial charge in [0, 0.05) is 26.3 Å². The number of ether oxygens (including phenoxy) is 1. The number of nitrogens with one attached hydrogen (secondary N) is 3. The number of aliphatic imine (C=N–C) groups is 1. The van der Waals surface area contributed by atoms with Gasteiger partial charge in [-0.15, -0.1) is 24.0 Å². The normalized spacial score (nSPS) is 11.9. The minimum absolute atomic E-state index is 0. The van der Waals surface area contributed by atoms with Gasteiger partial charge in [-0.25, -0.2) is 4.98 Å². The molecule has 28 heavy (non-hydrogen) atoms. The number of para-hydroxylation sites is 1. The fraction of sp³-hybridized carbons (Fsp3) is 0.429. The van der Waals surface area contributed by atoms with Crippen LogP contribution >= 0.6 is 24.0 Å². The van der Waals surface area contributed by atoms with Crippen LogP contribution in [0.4, 0.5) is 5.82 Å². The van der Waals surface area contributed by atoms with E-state index in [-0.39, 0.29) is 30.1 Å². The number of unbranched alkanes of at least 4 members (excludes halogenated alkanes) is 1. The lowest BCUT2D eigenvalue weighted by Gasteiger charge is -2.18. The molecule has 3 N–H and O–H groups in total. The fourth-order valence-corrected chi connectivity index (χ4v) is 2.55. The smallest absolute Gasteiger partial charge is 0.191 e. The maximum Gasteiger partial charge on any atom is 0.191 e. The average Bonchev–Trinajstić information content (AvgIpc) is 2.69. The van der Waals surface area contributed by atoms with E-state index >= 15 is 0 Å². The number of aromatic nitrogens is 1. The fourth-order valence-electron chi connectivity index (χ4n) is 2.55. The van der Waals surface area contributed by atoms with E-state index in [1.54, 1.807) is 13.2 Å². The third-order valence-corrected chi connectivity index (χ3v) is 4.07. The first-order valence-corrected chi connectivity index (χ1v) is 9.50. The molecule has 0 bridgehead atoms. The lowest BCUT2D eigenvalue weighted by molar-refractivity contribution is 0.222. The Labute approximate surface area is 185 Å². The molecule has 1 heterocycles. The highest BCUT2D eigenvalue weighted by atomic mass is 127. The van der Waals surface area contributed by atoms with Crippen molar-refractivity contribution in [1.29, 1.82) is 0 Å². The van der Waals surface area contributed by atoms with Crippen molar-refractivity contribution in [2.45, 2.75) is 32.8 Å². The molecule has 0 saturated heterocycles. The van der Waals surface area contributed by atoms with Gasteiger partial charge in [-0.05, 0) is 50.5 Å². The van der Waals surface area contributed by atoms with Gasteiger partial charge in [0.2, 0.25) is 0 Å². The molecule has 0 fully saturated rings. The van der Waals surface area contributed by atoms with Gasteiger partial charge < -0.3 is 20.7 Å². The lowest BCUT2D eigenvalue weighted by Crippen LogP contribution is -2.42. The van der Waals surface area contributed by atoms with E-state index in [1.165, 1.54) is 0 Å². The Morgan fingerprint density at radius 1 is 1.07 bits per heavy atom. The van der Waals surface area contributed by atoms with E-state index in [1.807, 2.05) is 36.4 Å². The monoisotopic (exact) mass is 497 g/mol. The number of benzene rings is 1. The van der Waals surface area contributed by atoms with Gasteiger partial charge in [0.1, 0.15) is 17.7 Å². The van der Waals surface area contributed by atoms with Crippen molar-refractivity contribution < 1.29 is 4.74 Å². The summed E-state index contributed by atoms with van der Waals surface area (Å²) in [6, 6.07) is 13.9. The molecule has 154 valence electrons. The van der Waals surface area contributed by atoms with Crippen LogP contribution in [0.15, 0.2) is 53.7 Å². The number of guanidine groups is 1. The molecule has 1 atom stereocenters. The molecular weight excluding hydrogens is 465 g/mol. The minimum Gasteiger partial charge on any atom is -0.489 e. The Balaban J connectivity index is 0.00000392. The van der Waals surface area contributed by atoms with Crippen molar-refractivity contribution >= 4 is 35.8 Å². The Hall–Kier alpha value is -2.03. The predicted octanol–water partition coefficient (Wildman–Crippen LogP) is 3.83. The molecule has 2 aromatic rings. The number of pyridine rings is 1. The van der Waals surface area contributed by atoms with E-state index in [2.05, 4.69) is 45.8 Å². The van der Waals surface area contributed by atoms with Crippen molar-refractivity contribution in [2.24, 2.45) is 4.99 Å². The highest BCUT2D eigenvalue weighted by molar-refractivity contribution is 14.0. The number of anilines is 1. The summed E-state index contributed by atoms with van der Waals surface area (Å²) >= 11 is 0. The van der Waals surface area contributed by atoms with E-state index in [0.29, 0.717) is 6.54 Å². The maximum atomic E-state index is 5.98. The largest absolute Gasteiger partial charge is 0.489 e. The van der Waals surface area contributed by atoms with Crippen LogP contribution in [0.5, 0.6) is 5.75 Å². The second-order valence-corrected chi connectivity index (χ2v) is 6.42. The molecule has 2 rings (SSSR count). The zero-order valence-corrected chi connectivity index (χ0v) is 19.3. The van der Waals surface area contributed by atoms with Crippen molar-refractivity contribution in [3.8, 4) is 5.75 Å². The van der Waals surface area contributed by atoms with Crippen LogP contribution in [0.25, 0.3) is 0 Å². The highest BCUT2D eigenvalue weighted by Crippen LogP contribution is 2.17.